The van der Waals surface area contributed by atoms with Crippen LogP contribution in [0.25, 0.3) is 0 Å². The minimum Gasteiger partial charge on any atom is -0.498 e. The molecule has 0 heterocycles. The molecule has 0 saturated carbocycles. The lowest BCUT2D eigenvalue weighted by Gasteiger charge is -2.33. The maximum absolute atomic E-state index is 6.64. The zero-order valence-corrected chi connectivity index (χ0v) is 44.7. The van der Waals surface area contributed by atoms with Gasteiger partial charge in [-0.2, -0.15) is 0 Å². The molecular weight excluding hydrogens is 1000 g/mol. The first-order valence-electron chi connectivity index (χ1n) is 24.6. The van der Waals surface area contributed by atoms with Crippen LogP contribution in [0.4, 0.5) is 0 Å². The van der Waals surface area contributed by atoms with Crippen molar-refractivity contribution >= 4 is 92.8 Å². The van der Waals surface area contributed by atoms with E-state index < -0.39 is 0 Å². The third-order valence-corrected chi connectivity index (χ3v) is 17.2. The van der Waals surface area contributed by atoms with Crippen molar-refractivity contribution in [1.29, 1.82) is 0 Å². The van der Waals surface area contributed by atoms with Crippen LogP contribution in [0.5, 0.6) is 0 Å². The third kappa shape index (κ3) is 18.7. The summed E-state index contributed by atoms with van der Waals surface area (Å²) in [4.78, 5) is 0. The van der Waals surface area contributed by atoms with Crippen LogP contribution in [0, 0.1) is 47.3 Å². The van der Waals surface area contributed by atoms with Crippen molar-refractivity contribution < 1.29 is 28.4 Å². The maximum Gasteiger partial charge on any atom is 0.109 e. The monoisotopic (exact) mass is 1070 g/mol. The number of alkyl halides is 8. The van der Waals surface area contributed by atoms with E-state index in [2.05, 4.69) is 36.5 Å². The molecule has 6 rings (SSSR count). The summed E-state index contributed by atoms with van der Waals surface area (Å²) in [5.74, 6) is 9.20. The van der Waals surface area contributed by atoms with E-state index in [1.54, 1.807) is 0 Å². The van der Waals surface area contributed by atoms with Crippen molar-refractivity contribution in [3.05, 3.63) is 70.3 Å². The van der Waals surface area contributed by atoms with Gasteiger partial charge in [0, 0.05) is 78.3 Å². The molecule has 0 saturated heterocycles. The first-order chi connectivity index (χ1) is 32.2. The quantitative estimate of drug-likeness (QED) is 0.0464. The molecule has 0 unspecified atom stereocenters. The molecule has 6 aliphatic rings. The maximum atomic E-state index is 6.64. The number of allylic oxidation sites excluding steroid dienone is 6. The fraction of sp³-hybridized carbons (Fsp3) is 0.769. The largest absolute Gasteiger partial charge is 0.498 e. The predicted molar refractivity (Wildman–Crippen MR) is 278 cm³/mol. The second-order valence-corrected chi connectivity index (χ2v) is 22.3. The second kappa shape index (κ2) is 30.3. The van der Waals surface area contributed by atoms with E-state index in [1.807, 2.05) is 0 Å². The molecule has 0 amide bonds. The Hall–Kier alpha value is 0.200. The number of rotatable bonds is 27. The molecule has 0 aromatic heterocycles. The van der Waals surface area contributed by atoms with Crippen LogP contribution in [0.15, 0.2) is 70.3 Å². The van der Waals surface area contributed by atoms with E-state index in [9.17, 15) is 0 Å². The Balaban J connectivity index is 1.01. The van der Waals surface area contributed by atoms with Crippen LogP contribution in [0.2, 0.25) is 0 Å². The van der Waals surface area contributed by atoms with Crippen LogP contribution in [-0.2, 0) is 28.4 Å². The predicted octanol–water partition coefficient (Wildman–Crippen LogP) is 14.4. The topological polar surface area (TPSA) is 55.4 Å². The van der Waals surface area contributed by atoms with Gasteiger partial charge >= 0.3 is 0 Å². The van der Waals surface area contributed by atoms with Gasteiger partial charge in [-0.3, -0.25) is 0 Å². The minimum absolute atomic E-state index is 0.0206. The highest BCUT2D eigenvalue weighted by molar-refractivity contribution is 6.20. The summed E-state index contributed by atoms with van der Waals surface area (Å²) in [6.07, 6.45) is 26.4. The van der Waals surface area contributed by atoms with Gasteiger partial charge in [0.1, 0.15) is 6.61 Å². The first-order valence-corrected chi connectivity index (χ1v) is 28.9. The molecule has 0 aromatic carbocycles. The Morgan fingerprint density at radius 3 is 1.39 bits per heavy atom. The van der Waals surface area contributed by atoms with Crippen molar-refractivity contribution in [2.45, 2.75) is 114 Å². The van der Waals surface area contributed by atoms with Crippen LogP contribution >= 0.6 is 92.8 Å². The fourth-order valence-corrected chi connectivity index (χ4v) is 12.5. The van der Waals surface area contributed by atoms with E-state index in [4.69, 9.17) is 121 Å². The molecule has 66 heavy (non-hydrogen) atoms. The molecule has 0 spiro atoms. The molecule has 0 N–H and O–H groups in total. The molecule has 0 radical (unpaired) electrons. The highest BCUT2D eigenvalue weighted by Crippen LogP contribution is 2.36. The van der Waals surface area contributed by atoms with Crippen molar-refractivity contribution in [3.8, 4) is 0 Å². The summed E-state index contributed by atoms with van der Waals surface area (Å²) in [5, 5.41) is 0. The summed E-state index contributed by atoms with van der Waals surface area (Å²) in [5.41, 5.74) is 4.91. The summed E-state index contributed by atoms with van der Waals surface area (Å²) in [6, 6.07) is 0. The van der Waals surface area contributed by atoms with Gasteiger partial charge in [0.05, 0.1) is 62.4 Å². The number of ether oxygens (including phenoxy) is 6. The fourth-order valence-electron chi connectivity index (χ4n) is 10.7. The number of unbranched alkanes of at least 4 members (excludes halogenated alkanes) is 1. The summed E-state index contributed by atoms with van der Waals surface area (Å²) >= 11 is 50.3. The minimum atomic E-state index is 0.0206. The zero-order valence-electron chi connectivity index (χ0n) is 38.7. The molecule has 374 valence electrons. The average molecular weight is 1080 g/mol. The summed E-state index contributed by atoms with van der Waals surface area (Å²) in [6.45, 7) is 3.70. The Morgan fingerprint density at radius 2 is 0.848 bits per heavy atom. The lowest BCUT2D eigenvalue weighted by molar-refractivity contribution is 0.00106. The SMILES string of the molecule is ClCC1=C[C@H](OC[C@H]2C=C(OCCCCO[C@@H]3CC(COC4=C[C@H](CCl)C[C@H](CCl)C4)=C[C@H](CO[C@@H]4C=C(CCl)C[C@H](CCl)C4)C3)C[C@@H](CO[C@@H]3C=C(CCl)C[C@H](CCl)C3)C2)C[C@H](CCl)C1. The van der Waals surface area contributed by atoms with Crippen molar-refractivity contribution in [2.24, 2.45) is 47.3 Å². The van der Waals surface area contributed by atoms with Crippen molar-refractivity contribution in [2.75, 3.05) is 86.7 Å². The Morgan fingerprint density at radius 1 is 0.379 bits per heavy atom. The summed E-state index contributed by atoms with van der Waals surface area (Å²) in [7, 11) is 0. The van der Waals surface area contributed by atoms with Gasteiger partial charge in [0.15, 0.2) is 0 Å². The van der Waals surface area contributed by atoms with Crippen LogP contribution in [-0.4, -0.2) is 111 Å². The molecule has 12 atom stereocenters. The van der Waals surface area contributed by atoms with Gasteiger partial charge < -0.3 is 28.4 Å². The molecule has 0 fully saturated rings. The third-order valence-electron chi connectivity index (χ3n) is 14.0. The van der Waals surface area contributed by atoms with E-state index >= 15 is 0 Å². The molecule has 6 nitrogen and oxygen atoms in total. The lowest BCUT2D eigenvalue weighted by atomic mass is 9.85. The van der Waals surface area contributed by atoms with Crippen molar-refractivity contribution in [1.82, 2.24) is 0 Å². The zero-order chi connectivity index (χ0) is 46.7. The molecule has 0 bridgehead atoms. The normalized spacial score (nSPS) is 33.0. The average Bonchev–Trinajstić information content (AvgIpc) is 3.36. The Kier molecular flexibility index (Phi) is 25.5. The molecule has 6 aliphatic carbocycles. The molecule has 14 heteroatoms. The molecule has 0 aliphatic heterocycles. The first kappa shape index (κ1) is 55.5. The van der Waals surface area contributed by atoms with Gasteiger partial charge in [0.25, 0.3) is 0 Å². The van der Waals surface area contributed by atoms with Gasteiger partial charge in [-0.25, -0.2) is 0 Å². The molecule has 0 aromatic rings. The number of hydrogen-bond acceptors (Lipinski definition) is 6. The van der Waals surface area contributed by atoms with E-state index in [1.165, 1.54) is 22.3 Å². The standard InChI is InChI=1S/C52H74Cl8O6/c53-23-35-5-36(24-54)12-49(11-35)63-31-43-9-44(32-64-50-13-37(25-55)6-38(14-50)26-56)20-47(19-43)61-3-1-2-4-62-48-21-45(33-65-51-15-39(27-57)7-40(16-51)28-58)10-46(22-48)34-66-52-17-41(29-59)8-42(18-52)30-60/h9,11,13,15,17,21,35-36,38,40,42,44-47,50-52H,1-8,10,12,14,16,18-20,22-34H2/t35-,36+,38+,40-,42+,44+,45-,46+,47-,50-,51+,52-/m1/s1. The number of hydrogen-bond donors (Lipinski definition) is 0. The van der Waals surface area contributed by atoms with Crippen LogP contribution < -0.4 is 0 Å². The van der Waals surface area contributed by atoms with Crippen LogP contribution in [0.1, 0.15) is 89.9 Å². The Labute approximate surface area is 436 Å². The van der Waals surface area contributed by atoms with E-state index in [-0.39, 0.29) is 42.2 Å². The number of halogens is 8. The second-order valence-electron chi connectivity index (χ2n) is 19.9. The highest BCUT2D eigenvalue weighted by atomic mass is 35.5. The van der Waals surface area contributed by atoms with Crippen molar-refractivity contribution in [3.63, 3.8) is 0 Å². The molecular formula is C52H74Cl8O6. The Bertz CT molecular complexity index is 1650. The summed E-state index contributed by atoms with van der Waals surface area (Å²) < 4.78 is 39.3. The van der Waals surface area contributed by atoms with E-state index in [0.717, 1.165) is 101 Å². The lowest BCUT2D eigenvalue weighted by Crippen LogP contribution is -2.29. The van der Waals surface area contributed by atoms with Gasteiger partial charge in [-0.1, -0.05) is 41.0 Å². The van der Waals surface area contributed by atoms with Crippen LogP contribution in [0.3, 0.4) is 0 Å². The van der Waals surface area contributed by atoms with Gasteiger partial charge in [-0.05, 0) is 130 Å². The highest BCUT2D eigenvalue weighted by Gasteiger charge is 2.31. The van der Waals surface area contributed by atoms with E-state index in [0.29, 0.717) is 116 Å². The van der Waals surface area contributed by atoms with Gasteiger partial charge in [0.2, 0.25) is 0 Å². The smallest absolute Gasteiger partial charge is 0.109 e. The van der Waals surface area contributed by atoms with Gasteiger partial charge in [-0.15, -0.1) is 92.8 Å².